The summed E-state index contributed by atoms with van der Waals surface area (Å²) in [4.78, 5) is 21.6. The van der Waals surface area contributed by atoms with Crippen LogP contribution in [0.2, 0.25) is 0 Å². The molecule has 0 aliphatic rings. The van der Waals surface area contributed by atoms with Gasteiger partial charge in [-0.25, -0.2) is 0 Å². The number of carbonyl (C=O) groups is 2. The number of hydrogen-bond acceptors (Lipinski definition) is 5. The highest BCUT2D eigenvalue weighted by Crippen LogP contribution is 2.22. The predicted octanol–water partition coefficient (Wildman–Crippen LogP) is -0.624. The van der Waals surface area contributed by atoms with Gasteiger partial charge in [0, 0.05) is 19.3 Å². The molecule has 0 unspecified atom stereocenters. The maximum atomic E-state index is 10.8. The highest BCUT2D eigenvalue weighted by Gasteiger charge is 2.32. The Morgan fingerprint density at radius 1 is 1.14 bits per heavy atom. The molecular weight excluding hydrogens is 188 g/mol. The van der Waals surface area contributed by atoms with Gasteiger partial charge in [-0.15, -0.1) is 0 Å². The molecule has 3 N–H and O–H groups in total. The van der Waals surface area contributed by atoms with Gasteiger partial charge in [0.05, 0.1) is 5.60 Å². The third kappa shape index (κ3) is 5.80. The fourth-order valence-corrected chi connectivity index (χ4v) is 1.47. The summed E-state index contributed by atoms with van der Waals surface area (Å²) >= 11 is 0. The van der Waals surface area contributed by atoms with Gasteiger partial charge in [0.25, 0.3) is 0 Å². The van der Waals surface area contributed by atoms with Crippen LogP contribution in [0, 0.1) is 0 Å². The Bertz CT molecular complexity index is 205. The van der Waals surface area contributed by atoms with Gasteiger partial charge >= 0.3 is 0 Å². The van der Waals surface area contributed by atoms with Crippen molar-refractivity contribution in [2.24, 2.45) is 0 Å². The average molecular weight is 204 g/mol. The third-order valence-corrected chi connectivity index (χ3v) is 1.72. The van der Waals surface area contributed by atoms with Crippen molar-refractivity contribution >= 4 is 11.6 Å². The van der Waals surface area contributed by atoms with Gasteiger partial charge in [-0.05, 0) is 13.8 Å². The maximum absolute atomic E-state index is 10.8. The van der Waals surface area contributed by atoms with Crippen LogP contribution in [0.15, 0.2) is 0 Å². The summed E-state index contributed by atoms with van der Waals surface area (Å²) in [7, 11) is 0. The van der Waals surface area contributed by atoms with Crippen LogP contribution in [-0.2, 0) is 9.59 Å². The summed E-state index contributed by atoms with van der Waals surface area (Å²) < 4.78 is 0. The van der Waals surface area contributed by atoms with E-state index in [0.29, 0.717) is 0 Å². The minimum Gasteiger partial charge on any atom is -0.389 e. The molecule has 0 bridgehead atoms. The van der Waals surface area contributed by atoms with Crippen LogP contribution >= 0.6 is 0 Å². The van der Waals surface area contributed by atoms with E-state index in [1.54, 1.807) is 0 Å². The largest absolute Gasteiger partial charge is 0.389 e. The molecule has 0 aromatic rings. The Labute approximate surface area is 82.4 Å². The molecule has 0 heterocycles. The first kappa shape index (κ1) is 13.2. The van der Waals surface area contributed by atoms with E-state index >= 15 is 0 Å². The lowest BCUT2D eigenvalue weighted by Crippen LogP contribution is -2.37. The molecule has 0 aliphatic heterocycles. The van der Waals surface area contributed by atoms with Gasteiger partial charge < -0.3 is 15.3 Å². The molecule has 5 heteroatoms. The van der Waals surface area contributed by atoms with Crippen LogP contribution in [0.5, 0.6) is 0 Å². The molecule has 0 aromatic heterocycles. The molecule has 0 saturated carbocycles. The van der Waals surface area contributed by atoms with E-state index in [4.69, 9.17) is 10.2 Å². The van der Waals surface area contributed by atoms with Crippen LogP contribution in [-0.4, -0.2) is 38.8 Å². The highest BCUT2D eigenvalue weighted by atomic mass is 16.5. The third-order valence-electron chi connectivity index (χ3n) is 1.72. The van der Waals surface area contributed by atoms with Crippen LogP contribution in [0.4, 0.5) is 0 Å². The topological polar surface area (TPSA) is 94.8 Å². The summed E-state index contributed by atoms with van der Waals surface area (Å²) in [5.74, 6) is -0.594. The van der Waals surface area contributed by atoms with Gasteiger partial charge in [0.1, 0.15) is 11.6 Å². The first-order chi connectivity index (χ1) is 6.25. The molecule has 0 saturated heterocycles. The molecule has 0 radical (unpaired) electrons. The van der Waals surface area contributed by atoms with E-state index in [1.165, 1.54) is 13.8 Å². The zero-order valence-electron chi connectivity index (χ0n) is 8.36. The Hall–Kier alpha value is -0.780. The van der Waals surface area contributed by atoms with Gasteiger partial charge in [-0.1, -0.05) is 0 Å². The maximum Gasteiger partial charge on any atom is 0.154 e. The number of carbonyl (C=O) groups excluding carboxylic acids is 2. The predicted molar refractivity (Wildman–Crippen MR) is 48.4 cm³/mol. The van der Waals surface area contributed by atoms with Crippen LogP contribution in [0.1, 0.15) is 33.1 Å². The smallest absolute Gasteiger partial charge is 0.154 e. The summed E-state index contributed by atoms with van der Waals surface area (Å²) in [6, 6.07) is 0. The van der Waals surface area contributed by atoms with E-state index < -0.39 is 18.3 Å². The van der Waals surface area contributed by atoms with Gasteiger partial charge in [0.15, 0.2) is 6.29 Å². The first-order valence-corrected chi connectivity index (χ1v) is 4.32. The van der Waals surface area contributed by atoms with E-state index in [9.17, 15) is 14.7 Å². The Balaban J connectivity index is 4.48. The van der Waals surface area contributed by atoms with Crippen molar-refractivity contribution in [1.29, 1.82) is 0 Å². The Morgan fingerprint density at radius 3 is 1.71 bits per heavy atom. The molecule has 0 amide bonds. The van der Waals surface area contributed by atoms with Gasteiger partial charge in [-0.3, -0.25) is 9.59 Å². The number of rotatable bonds is 6. The SMILES string of the molecule is CC(=O)CC(O)(CC(C)=O)CC(O)O. The van der Waals surface area contributed by atoms with Crippen LogP contribution in [0.25, 0.3) is 0 Å². The lowest BCUT2D eigenvalue weighted by molar-refractivity contribution is -0.137. The second kappa shape index (κ2) is 5.19. The fourth-order valence-electron chi connectivity index (χ4n) is 1.47. The van der Waals surface area contributed by atoms with Crippen molar-refractivity contribution in [2.75, 3.05) is 0 Å². The number of Topliss-reactive ketones (excluding diaryl/α,β-unsaturated/α-hetero) is 2. The van der Waals surface area contributed by atoms with Gasteiger partial charge in [0.2, 0.25) is 0 Å². The molecule has 0 rings (SSSR count). The number of hydrogen-bond donors (Lipinski definition) is 3. The molecule has 82 valence electrons. The molecule has 0 spiro atoms. The summed E-state index contributed by atoms with van der Waals surface area (Å²) in [6.07, 6.45) is -2.61. The number of ketones is 2. The van der Waals surface area contributed by atoms with E-state index in [1.807, 2.05) is 0 Å². The van der Waals surface area contributed by atoms with E-state index in [2.05, 4.69) is 0 Å². The zero-order chi connectivity index (χ0) is 11.4. The quantitative estimate of drug-likeness (QED) is 0.501. The van der Waals surface area contributed by atoms with E-state index in [-0.39, 0.29) is 24.4 Å². The number of aliphatic hydroxyl groups is 3. The lowest BCUT2D eigenvalue weighted by Gasteiger charge is -2.26. The van der Waals surface area contributed by atoms with Crippen molar-refractivity contribution in [1.82, 2.24) is 0 Å². The van der Waals surface area contributed by atoms with Crippen LogP contribution < -0.4 is 0 Å². The average Bonchev–Trinajstić information content (AvgIpc) is 1.76. The van der Waals surface area contributed by atoms with Crippen molar-refractivity contribution in [3.05, 3.63) is 0 Å². The summed E-state index contributed by atoms with van der Waals surface area (Å²) in [5, 5.41) is 27.1. The van der Waals surface area contributed by atoms with Crippen molar-refractivity contribution in [3.8, 4) is 0 Å². The molecule has 0 aromatic carbocycles. The molecule has 14 heavy (non-hydrogen) atoms. The number of aliphatic hydroxyl groups excluding tert-OH is 1. The minimum atomic E-state index is -1.72. The Kier molecular flexibility index (Phi) is 4.90. The van der Waals surface area contributed by atoms with Crippen molar-refractivity contribution in [3.63, 3.8) is 0 Å². The standard InChI is InChI=1S/C9H16O5/c1-6(10)3-9(14,4-7(2)11)5-8(12)13/h8,12-14H,3-5H2,1-2H3. The first-order valence-electron chi connectivity index (χ1n) is 4.32. The molecular formula is C9H16O5. The van der Waals surface area contributed by atoms with Gasteiger partial charge in [-0.2, -0.15) is 0 Å². The zero-order valence-corrected chi connectivity index (χ0v) is 8.36. The Morgan fingerprint density at radius 2 is 1.50 bits per heavy atom. The molecule has 5 nitrogen and oxygen atoms in total. The lowest BCUT2D eigenvalue weighted by atomic mass is 9.88. The second-order valence-electron chi connectivity index (χ2n) is 3.67. The monoisotopic (exact) mass is 204 g/mol. The normalized spacial score (nSPS) is 11.9. The highest BCUT2D eigenvalue weighted by molar-refractivity contribution is 5.80. The summed E-state index contributed by atoms with van der Waals surface area (Å²) in [5.41, 5.74) is -1.63. The molecule has 0 atom stereocenters. The van der Waals surface area contributed by atoms with Crippen molar-refractivity contribution in [2.45, 2.75) is 45.0 Å². The molecule has 0 fully saturated rings. The van der Waals surface area contributed by atoms with E-state index in [0.717, 1.165) is 0 Å². The fraction of sp³-hybridized carbons (Fsp3) is 0.778. The van der Waals surface area contributed by atoms with Crippen molar-refractivity contribution < 1.29 is 24.9 Å². The van der Waals surface area contributed by atoms with Crippen LogP contribution in [0.3, 0.4) is 0 Å². The molecule has 0 aliphatic carbocycles. The minimum absolute atomic E-state index is 0.246. The second-order valence-corrected chi connectivity index (χ2v) is 3.67. The summed E-state index contributed by atoms with van der Waals surface area (Å²) in [6.45, 7) is 2.55.